The zero-order valence-electron chi connectivity index (χ0n) is 13.6. The van der Waals surface area contributed by atoms with Crippen LogP contribution in [-0.4, -0.2) is 27.2 Å². The van der Waals surface area contributed by atoms with Gasteiger partial charge in [0.05, 0.1) is 11.4 Å². The molecule has 21 heavy (non-hydrogen) atoms. The van der Waals surface area contributed by atoms with E-state index in [-0.39, 0.29) is 6.15 Å². The largest absolute Gasteiger partial charge is 0.376 e. The van der Waals surface area contributed by atoms with Crippen molar-refractivity contribution in [1.82, 2.24) is 6.15 Å². The molecule has 0 heterocycles. The number of benzene rings is 2. The highest BCUT2D eigenvalue weighted by atomic mass is 15.2. The molecule has 0 spiro atoms. The maximum Gasteiger partial charge on any atom is 0.0683 e. The summed E-state index contributed by atoms with van der Waals surface area (Å²) in [5.41, 5.74) is 5.18. The SMILES string of the molecule is CCN(CC)c1c(-c2ccccc2)cccc1N(C)C.N. The average molecular weight is 285 g/mol. The Kier molecular flexibility index (Phi) is 6.25. The van der Waals surface area contributed by atoms with Crippen LogP contribution in [0.3, 0.4) is 0 Å². The summed E-state index contributed by atoms with van der Waals surface area (Å²) in [6, 6.07) is 17.2. The molecule has 2 aromatic carbocycles. The molecule has 2 rings (SSSR count). The first-order chi connectivity index (χ1) is 9.69. The average Bonchev–Trinajstić information content (AvgIpc) is 2.49. The van der Waals surface area contributed by atoms with Gasteiger partial charge in [0.2, 0.25) is 0 Å². The Balaban J connectivity index is 0.00000220. The molecule has 3 heteroatoms. The van der Waals surface area contributed by atoms with Crippen LogP contribution in [0.4, 0.5) is 11.4 Å². The van der Waals surface area contributed by atoms with Crippen molar-refractivity contribution in [1.29, 1.82) is 0 Å². The second kappa shape index (κ2) is 7.70. The third kappa shape index (κ3) is 3.56. The van der Waals surface area contributed by atoms with Gasteiger partial charge in [0.25, 0.3) is 0 Å². The summed E-state index contributed by atoms with van der Waals surface area (Å²) in [6.45, 7) is 6.46. The summed E-state index contributed by atoms with van der Waals surface area (Å²) in [6.07, 6.45) is 0. The molecule has 0 saturated heterocycles. The standard InChI is InChI=1S/C18H24N2.H3N/c1-5-20(6-2)18-16(15-11-8-7-9-12-15)13-10-14-17(18)19(3)4;/h7-14H,5-6H2,1-4H3;1H3. The fraction of sp³-hybridized carbons (Fsp3) is 0.333. The third-order valence-electron chi connectivity index (χ3n) is 3.66. The minimum atomic E-state index is 0. The Labute approximate surface area is 128 Å². The van der Waals surface area contributed by atoms with Crippen molar-refractivity contribution in [2.24, 2.45) is 0 Å². The van der Waals surface area contributed by atoms with Gasteiger partial charge in [0.1, 0.15) is 0 Å². The van der Waals surface area contributed by atoms with E-state index < -0.39 is 0 Å². The van der Waals surface area contributed by atoms with E-state index in [1.807, 2.05) is 0 Å². The van der Waals surface area contributed by atoms with Crippen molar-refractivity contribution >= 4 is 11.4 Å². The normalized spacial score (nSPS) is 9.90. The monoisotopic (exact) mass is 285 g/mol. The molecule has 0 fully saturated rings. The predicted molar refractivity (Wildman–Crippen MR) is 94.8 cm³/mol. The van der Waals surface area contributed by atoms with Crippen molar-refractivity contribution < 1.29 is 0 Å². The van der Waals surface area contributed by atoms with E-state index in [1.54, 1.807) is 0 Å². The summed E-state index contributed by atoms with van der Waals surface area (Å²) >= 11 is 0. The van der Waals surface area contributed by atoms with Gasteiger partial charge < -0.3 is 16.0 Å². The summed E-state index contributed by atoms with van der Waals surface area (Å²) in [4.78, 5) is 4.62. The van der Waals surface area contributed by atoms with Crippen molar-refractivity contribution in [2.45, 2.75) is 13.8 Å². The van der Waals surface area contributed by atoms with Crippen LogP contribution >= 0.6 is 0 Å². The van der Waals surface area contributed by atoms with E-state index in [0.717, 1.165) is 13.1 Å². The Morgan fingerprint density at radius 1 is 0.810 bits per heavy atom. The highest BCUT2D eigenvalue weighted by Gasteiger charge is 2.15. The molecule has 0 radical (unpaired) electrons. The van der Waals surface area contributed by atoms with Crippen LogP contribution in [0.15, 0.2) is 48.5 Å². The van der Waals surface area contributed by atoms with E-state index in [2.05, 4.69) is 86.3 Å². The van der Waals surface area contributed by atoms with Gasteiger partial charge in [0.15, 0.2) is 0 Å². The molecule has 114 valence electrons. The van der Waals surface area contributed by atoms with E-state index in [4.69, 9.17) is 0 Å². The molecule has 0 bridgehead atoms. The minimum absolute atomic E-state index is 0. The molecule has 3 nitrogen and oxygen atoms in total. The van der Waals surface area contributed by atoms with Crippen molar-refractivity contribution in [3.63, 3.8) is 0 Å². The first kappa shape index (κ1) is 17.1. The second-order valence-corrected chi connectivity index (χ2v) is 5.11. The fourth-order valence-corrected chi connectivity index (χ4v) is 2.62. The number of hydrogen-bond donors (Lipinski definition) is 1. The number of para-hydroxylation sites is 1. The van der Waals surface area contributed by atoms with Crippen LogP contribution in [0.1, 0.15) is 13.8 Å². The lowest BCUT2D eigenvalue weighted by atomic mass is 10.0. The molecule has 0 saturated carbocycles. The summed E-state index contributed by atoms with van der Waals surface area (Å²) in [5.74, 6) is 0. The van der Waals surface area contributed by atoms with Crippen LogP contribution < -0.4 is 16.0 Å². The Bertz CT molecular complexity index is 546. The first-order valence-corrected chi connectivity index (χ1v) is 7.29. The van der Waals surface area contributed by atoms with Crippen LogP contribution in [0.2, 0.25) is 0 Å². The Hall–Kier alpha value is -2.00. The molecule has 0 aromatic heterocycles. The molecule has 0 aliphatic rings. The molecule has 2 aromatic rings. The third-order valence-corrected chi connectivity index (χ3v) is 3.66. The number of rotatable bonds is 5. The lowest BCUT2D eigenvalue weighted by Gasteiger charge is -2.29. The van der Waals surface area contributed by atoms with Crippen molar-refractivity contribution in [2.75, 3.05) is 37.0 Å². The van der Waals surface area contributed by atoms with Crippen LogP contribution in [0, 0.1) is 0 Å². The Morgan fingerprint density at radius 3 is 1.95 bits per heavy atom. The molecular formula is C18H27N3. The van der Waals surface area contributed by atoms with Gasteiger partial charge >= 0.3 is 0 Å². The summed E-state index contributed by atoms with van der Waals surface area (Å²) in [5, 5.41) is 0. The summed E-state index contributed by atoms with van der Waals surface area (Å²) < 4.78 is 0. The molecule has 0 unspecified atom stereocenters. The highest BCUT2D eigenvalue weighted by molar-refractivity contribution is 5.88. The molecular weight excluding hydrogens is 258 g/mol. The predicted octanol–water partition coefficient (Wildman–Crippen LogP) is 4.43. The molecule has 0 atom stereocenters. The maximum atomic E-state index is 2.43. The quantitative estimate of drug-likeness (QED) is 0.883. The lowest BCUT2D eigenvalue weighted by Crippen LogP contribution is -2.25. The van der Waals surface area contributed by atoms with Crippen LogP contribution in [0.25, 0.3) is 11.1 Å². The van der Waals surface area contributed by atoms with Gasteiger partial charge in [-0.15, -0.1) is 0 Å². The van der Waals surface area contributed by atoms with Gasteiger partial charge in [-0.1, -0.05) is 42.5 Å². The van der Waals surface area contributed by atoms with Crippen molar-refractivity contribution in [3.8, 4) is 11.1 Å². The van der Waals surface area contributed by atoms with Crippen LogP contribution in [-0.2, 0) is 0 Å². The van der Waals surface area contributed by atoms with E-state index in [0.29, 0.717) is 0 Å². The topological polar surface area (TPSA) is 41.5 Å². The van der Waals surface area contributed by atoms with Crippen LogP contribution in [0.5, 0.6) is 0 Å². The zero-order chi connectivity index (χ0) is 14.5. The summed E-state index contributed by atoms with van der Waals surface area (Å²) in [7, 11) is 4.22. The fourth-order valence-electron chi connectivity index (χ4n) is 2.62. The zero-order valence-corrected chi connectivity index (χ0v) is 13.6. The smallest absolute Gasteiger partial charge is 0.0683 e. The first-order valence-electron chi connectivity index (χ1n) is 7.29. The second-order valence-electron chi connectivity index (χ2n) is 5.11. The molecule has 0 aliphatic heterocycles. The molecule has 0 amide bonds. The van der Waals surface area contributed by atoms with Gasteiger partial charge in [-0.3, -0.25) is 0 Å². The van der Waals surface area contributed by atoms with Gasteiger partial charge in [-0.2, -0.15) is 0 Å². The maximum absolute atomic E-state index is 2.43. The number of hydrogen-bond acceptors (Lipinski definition) is 3. The van der Waals surface area contributed by atoms with E-state index in [1.165, 1.54) is 22.5 Å². The number of anilines is 2. The van der Waals surface area contributed by atoms with Crippen molar-refractivity contribution in [3.05, 3.63) is 48.5 Å². The molecule has 3 N–H and O–H groups in total. The highest BCUT2D eigenvalue weighted by Crippen LogP contribution is 2.38. The minimum Gasteiger partial charge on any atom is -0.376 e. The lowest BCUT2D eigenvalue weighted by molar-refractivity contribution is 0.864. The number of nitrogens with zero attached hydrogens (tertiary/aromatic N) is 2. The van der Waals surface area contributed by atoms with Gasteiger partial charge in [0, 0.05) is 32.7 Å². The van der Waals surface area contributed by atoms with Gasteiger partial charge in [-0.05, 0) is 25.5 Å². The Morgan fingerprint density at radius 2 is 1.43 bits per heavy atom. The van der Waals surface area contributed by atoms with E-state index >= 15 is 0 Å². The molecule has 0 aliphatic carbocycles. The van der Waals surface area contributed by atoms with Gasteiger partial charge in [-0.25, -0.2) is 0 Å². The van der Waals surface area contributed by atoms with E-state index in [9.17, 15) is 0 Å².